The molecule has 1 aliphatic heterocycles. The Balaban J connectivity index is 1.56. The van der Waals surface area contributed by atoms with Crippen molar-refractivity contribution in [2.24, 2.45) is 0 Å². The van der Waals surface area contributed by atoms with Crippen molar-refractivity contribution in [3.63, 3.8) is 0 Å². The molecule has 36 heavy (non-hydrogen) atoms. The van der Waals surface area contributed by atoms with Gasteiger partial charge in [-0.05, 0) is 55.0 Å². The summed E-state index contributed by atoms with van der Waals surface area (Å²) in [6.45, 7) is 1.97. The first-order valence-corrected chi connectivity index (χ1v) is 12.0. The molecular formula is C27H17FN2O5S. The average Bonchev–Trinajstić information content (AvgIpc) is 3.42. The van der Waals surface area contributed by atoms with Gasteiger partial charge in [0.2, 0.25) is 5.76 Å². The summed E-state index contributed by atoms with van der Waals surface area (Å²) in [7, 11) is 0. The van der Waals surface area contributed by atoms with Crippen LogP contribution in [0, 0.1) is 5.82 Å². The molecule has 0 saturated heterocycles. The Morgan fingerprint density at radius 3 is 2.75 bits per heavy atom. The first-order valence-electron chi connectivity index (χ1n) is 11.2. The minimum atomic E-state index is -0.936. The summed E-state index contributed by atoms with van der Waals surface area (Å²) in [6.07, 6.45) is 0. The van der Waals surface area contributed by atoms with Gasteiger partial charge in [-0.15, -0.1) is 0 Å². The van der Waals surface area contributed by atoms with Gasteiger partial charge >= 0.3 is 5.97 Å². The van der Waals surface area contributed by atoms with Crippen molar-refractivity contribution in [3.8, 4) is 0 Å². The topological polar surface area (TPSA) is 89.7 Å². The third-order valence-corrected chi connectivity index (χ3v) is 7.05. The second-order valence-corrected chi connectivity index (χ2v) is 9.21. The van der Waals surface area contributed by atoms with E-state index in [0.29, 0.717) is 31.9 Å². The highest BCUT2D eigenvalue weighted by atomic mass is 32.1. The van der Waals surface area contributed by atoms with E-state index < -0.39 is 23.7 Å². The molecule has 3 aromatic carbocycles. The Labute approximate surface area is 207 Å². The van der Waals surface area contributed by atoms with Gasteiger partial charge in [0.1, 0.15) is 11.4 Å². The number of halogens is 1. The number of benzene rings is 3. The van der Waals surface area contributed by atoms with Crippen LogP contribution in [0.5, 0.6) is 0 Å². The number of anilines is 1. The minimum Gasteiger partial charge on any atom is -0.462 e. The molecule has 1 atom stereocenters. The quantitative estimate of drug-likeness (QED) is 0.304. The normalized spacial score (nSPS) is 15.0. The molecule has 1 unspecified atom stereocenters. The number of amides is 1. The van der Waals surface area contributed by atoms with Crippen molar-refractivity contribution >= 4 is 49.5 Å². The van der Waals surface area contributed by atoms with Crippen molar-refractivity contribution in [2.75, 3.05) is 11.5 Å². The van der Waals surface area contributed by atoms with E-state index in [9.17, 15) is 18.8 Å². The molecule has 2 aromatic heterocycles. The molecule has 0 spiro atoms. The predicted octanol–water partition coefficient (Wildman–Crippen LogP) is 5.47. The SMILES string of the molecule is CCOC(=O)c1ccc2nc(N3C(=O)c4oc5ccccc5c(=O)c4C3c3cccc(F)c3)sc2c1. The Morgan fingerprint density at radius 1 is 1.11 bits per heavy atom. The molecule has 9 heteroatoms. The number of esters is 1. The standard InChI is InChI=1S/C27H17FN2O5S/c1-2-34-26(33)15-10-11-18-20(13-15)36-27(29-18)30-22(14-6-5-7-16(28)12-14)21-23(31)17-8-3-4-9-19(17)35-24(21)25(30)32/h3-13,22H,2H2,1H3. The summed E-state index contributed by atoms with van der Waals surface area (Å²) < 4.78 is 25.9. The molecule has 0 N–H and O–H groups in total. The summed E-state index contributed by atoms with van der Waals surface area (Å²) >= 11 is 1.18. The van der Waals surface area contributed by atoms with E-state index in [2.05, 4.69) is 4.98 Å². The zero-order valence-corrected chi connectivity index (χ0v) is 19.7. The highest BCUT2D eigenvalue weighted by Crippen LogP contribution is 2.43. The number of rotatable bonds is 4. The Kier molecular flexibility index (Phi) is 5.15. The van der Waals surface area contributed by atoms with Crippen molar-refractivity contribution < 1.29 is 23.1 Å². The molecule has 1 amide bonds. The minimum absolute atomic E-state index is 0.0978. The zero-order valence-electron chi connectivity index (χ0n) is 18.9. The Morgan fingerprint density at radius 2 is 1.94 bits per heavy atom. The van der Waals surface area contributed by atoms with Crippen LogP contribution in [0.2, 0.25) is 0 Å². The van der Waals surface area contributed by atoms with Crippen LogP contribution in [0.3, 0.4) is 0 Å². The zero-order chi connectivity index (χ0) is 25.0. The maximum absolute atomic E-state index is 14.3. The lowest BCUT2D eigenvalue weighted by Gasteiger charge is -2.22. The smallest absolute Gasteiger partial charge is 0.338 e. The number of aromatic nitrogens is 1. The predicted molar refractivity (Wildman–Crippen MR) is 133 cm³/mol. The molecule has 0 bridgehead atoms. The van der Waals surface area contributed by atoms with Gasteiger partial charge in [-0.1, -0.05) is 35.6 Å². The summed E-state index contributed by atoms with van der Waals surface area (Å²) in [5.74, 6) is -1.61. The summed E-state index contributed by atoms with van der Waals surface area (Å²) in [6, 6.07) is 16.4. The van der Waals surface area contributed by atoms with Gasteiger partial charge in [0.05, 0.1) is 39.4 Å². The van der Waals surface area contributed by atoms with Crippen LogP contribution in [0.4, 0.5) is 9.52 Å². The fraction of sp³-hybridized carbons (Fsp3) is 0.111. The molecule has 3 heterocycles. The second kappa shape index (κ2) is 8.39. The van der Waals surface area contributed by atoms with Crippen LogP contribution in [0.25, 0.3) is 21.2 Å². The fourth-order valence-corrected chi connectivity index (χ4v) is 5.50. The molecule has 178 valence electrons. The third-order valence-electron chi connectivity index (χ3n) is 6.04. The molecule has 1 aliphatic rings. The lowest BCUT2D eigenvalue weighted by molar-refractivity contribution is 0.0526. The van der Waals surface area contributed by atoms with E-state index in [4.69, 9.17) is 9.15 Å². The van der Waals surface area contributed by atoms with Crippen LogP contribution in [0.1, 0.15) is 45.0 Å². The molecule has 0 saturated carbocycles. The van der Waals surface area contributed by atoms with Crippen LogP contribution < -0.4 is 10.3 Å². The summed E-state index contributed by atoms with van der Waals surface area (Å²) in [5, 5.41) is 0.621. The molecule has 5 aromatic rings. The molecule has 0 aliphatic carbocycles. The number of hydrogen-bond acceptors (Lipinski definition) is 7. The number of ether oxygens (including phenoxy) is 1. The summed E-state index contributed by atoms with van der Waals surface area (Å²) in [5.41, 5.74) is 1.40. The van der Waals surface area contributed by atoms with Gasteiger partial charge in [0, 0.05) is 0 Å². The van der Waals surface area contributed by atoms with Gasteiger partial charge in [-0.25, -0.2) is 14.2 Å². The Hall–Kier alpha value is -4.37. The largest absolute Gasteiger partial charge is 0.462 e. The van der Waals surface area contributed by atoms with Crippen LogP contribution >= 0.6 is 11.3 Å². The average molecular weight is 501 g/mol. The first-order chi connectivity index (χ1) is 17.5. The van der Waals surface area contributed by atoms with Gasteiger partial charge in [0.25, 0.3) is 5.91 Å². The first kappa shape index (κ1) is 22.1. The van der Waals surface area contributed by atoms with Crippen molar-refractivity contribution in [2.45, 2.75) is 13.0 Å². The van der Waals surface area contributed by atoms with Crippen LogP contribution in [-0.4, -0.2) is 23.5 Å². The van der Waals surface area contributed by atoms with E-state index in [1.807, 2.05) is 0 Å². The monoisotopic (exact) mass is 500 g/mol. The van der Waals surface area contributed by atoms with E-state index in [1.165, 1.54) is 34.4 Å². The maximum Gasteiger partial charge on any atom is 0.338 e. The lowest BCUT2D eigenvalue weighted by atomic mass is 9.98. The number of nitrogens with zero attached hydrogens (tertiary/aromatic N) is 2. The molecule has 0 fully saturated rings. The molecule has 7 nitrogen and oxygen atoms in total. The number of thiazole rings is 1. The van der Waals surface area contributed by atoms with E-state index in [0.717, 1.165) is 0 Å². The number of para-hydroxylation sites is 1. The number of fused-ring (bicyclic) bond motifs is 3. The number of hydrogen-bond donors (Lipinski definition) is 0. The highest BCUT2D eigenvalue weighted by Gasteiger charge is 2.45. The van der Waals surface area contributed by atoms with E-state index in [1.54, 1.807) is 55.5 Å². The second-order valence-electron chi connectivity index (χ2n) is 8.20. The van der Waals surface area contributed by atoms with Crippen LogP contribution in [-0.2, 0) is 4.74 Å². The Bertz CT molecular complexity index is 1760. The van der Waals surface area contributed by atoms with E-state index in [-0.39, 0.29) is 28.9 Å². The number of carbonyl (C=O) groups is 2. The van der Waals surface area contributed by atoms with Gasteiger partial charge < -0.3 is 9.15 Å². The van der Waals surface area contributed by atoms with Gasteiger partial charge in [0.15, 0.2) is 10.6 Å². The fourth-order valence-electron chi connectivity index (χ4n) is 4.47. The molecule has 6 rings (SSSR count). The number of carbonyl (C=O) groups excluding carboxylic acids is 2. The van der Waals surface area contributed by atoms with Gasteiger partial charge in [-0.2, -0.15) is 0 Å². The summed E-state index contributed by atoms with van der Waals surface area (Å²) in [4.78, 5) is 45.4. The van der Waals surface area contributed by atoms with Gasteiger partial charge in [-0.3, -0.25) is 14.5 Å². The molecular weight excluding hydrogens is 483 g/mol. The third kappa shape index (κ3) is 3.39. The van der Waals surface area contributed by atoms with Crippen molar-refractivity contribution in [1.29, 1.82) is 0 Å². The lowest BCUT2D eigenvalue weighted by Crippen LogP contribution is -2.29. The highest BCUT2D eigenvalue weighted by molar-refractivity contribution is 7.22. The van der Waals surface area contributed by atoms with Crippen molar-refractivity contribution in [1.82, 2.24) is 4.98 Å². The molecule has 0 radical (unpaired) electrons. The van der Waals surface area contributed by atoms with E-state index >= 15 is 0 Å². The van der Waals surface area contributed by atoms with Crippen LogP contribution in [0.15, 0.2) is 75.9 Å². The van der Waals surface area contributed by atoms with Crippen molar-refractivity contribution in [3.05, 3.63) is 105 Å². The maximum atomic E-state index is 14.3.